The smallest absolute Gasteiger partial charge is 0.410 e. The Kier molecular flexibility index (Phi) is 8.49. The summed E-state index contributed by atoms with van der Waals surface area (Å²) in [6.45, 7) is 11.9. The minimum atomic E-state index is -0.553. The number of phenols is 1. The number of benzene rings is 3. The van der Waals surface area contributed by atoms with Gasteiger partial charge in [-0.15, -0.1) is 11.3 Å². The minimum Gasteiger partial charge on any atom is -0.508 e. The molecule has 0 aliphatic carbocycles. The lowest BCUT2D eigenvalue weighted by molar-refractivity contribution is 0.0262. The standard InChI is InChI=1S/C32H34FNO5S/c1-7-34(31(37)39-32(4,5)6)15-14-21-8-11-24(12-9-21)38-29-25-13-10-23(35)18-26(25)40-30(29)28(36)27-19(2)16-22(33)17-20(27)3/h8-13,16-18,35H,7,14-15H2,1-6H3. The van der Waals surface area contributed by atoms with E-state index in [1.54, 1.807) is 36.9 Å². The summed E-state index contributed by atoms with van der Waals surface area (Å²) in [5.41, 5.74) is 1.99. The van der Waals surface area contributed by atoms with Crippen LogP contribution in [0.4, 0.5) is 9.18 Å². The second-order valence-corrected chi connectivity index (χ2v) is 11.8. The number of hydrogen-bond acceptors (Lipinski definition) is 6. The molecule has 1 amide bonds. The Morgan fingerprint density at radius 1 is 1.00 bits per heavy atom. The van der Waals surface area contributed by atoms with Crippen molar-refractivity contribution in [2.24, 2.45) is 0 Å². The highest BCUT2D eigenvalue weighted by molar-refractivity contribution is 7.21. The number of carbonyl (C=O) groups is 2. The molecule has 210 valence electrons. The molecular formula is C32H34FNO5S. The molecule has 6 nitrogen and oxygen atoms in total. The number of likely N-dealkylation sites (N-methyl/N-ethyl adjacent to an activating group) is 1. The van der Waals surface area contributed by atoms with E-state index in [1.165, 1.54) is 23.5 Å². The first-order valence-corrected chi connectivity index (χ1v) is 14.0. The highest BCUT2D eigenvalue weighted by atomic mass is 32.1. The van der Waals surface area contributed by atoms with Crippen molar-refractivity contribution in [3.63, 3.8) is 0 Å². The SMILES string of the molecule is CCN(CCc1ccc(Oc2c(C(=O)c3c(C)cc(F)cc3C)sc3cc(O)ccc23)cc1)C(=O)OC(C)(C)C. The van der Waals surface area contributed by atoms with E-state index in [9.17, 15) is 19.1 Å². The maximum absolute atomic E-state index is 13.9. The van der Waals surface area contributed by atoms with E-state index in [4.69, 9.17) is 9.47 Å². The molecule has 0 saturated carbocycles. The summed E-state index contributed by atoms with van der Waals surface area (Å²) in [5, 5.41) is 10.7. The van der Waals surface area contributed by atoms with Crippen molar-refractivity contribution >= 4 is 33.3 Å². The molecule has 0 unspecified atom stereocenters. The second-order valence-electron chi connectivity index (χ2n) is 10.7. The van der Waals surface area contributed by atoms with Crippen LogP contribution in [0.1, 0.15) is 59.6 Å². The van der Waals surface area contributed by atoms with E-state index >= 15 is 0 Å². The van der Waals surface area contributed by atoms with Gasteiger partial charge in [0.1, 0.15) is 27.8 Å². The predicted octanol–water partition coefficient (Wildman–Crippen LogP) is 8.19. The van der Waals surface area contributed by atoms with E-state index in [0.717, 1.165) is 5.56 Å². The van der Waals surface area contributed by atoms with Crippen LogP contribution in [0.5, 0.6) is 17.2 Å². The van der Waals surface area contributed by atoms with Gasteiger partial charge in [-0.25, -0.2) is 9.18 Å². The first-order valence-electron chi connectivity index (χ1n) is 13.2. The van der Waals surface area contributed by atoms with Gasteiger partial charge in [0.15, 0.2) is 5.75 Å². The van der Waals surface area contributed by atoms with Crippen LogP contribution in [0.2, 0.25) is 0 Å². The van der Waals surface area contributed by atoms with Gasteiger partial charge < -0.3 is 19.5 Å². The van der Waals surface area contributed by atoms with Crippen LogP contribution in [0.15, 0.2) is 54.6 Å². The minimum absolute atomic E-state index is 0.0882. The number of amides is 1. The Bertz CT molecular complexity index is 1530. The zero-order valence-corrected chi connectivity index (χ0v) is 24.4. The molecule has 4 aromatic rings. The molecule has 0 fully saturated rings. The molecule has 0 radical (unpaired) electrons. The summed E-state index contributed by atoms with van der Waals surface area (Å²) in [6.07, 6.45) is 0.301. The Morgan fingerprint density at radius 3 is 2.25 bits per heavy atom. The average Bonchev–Trinajstić information content (AvgIpc) is 3.20. The van der Waals surface area contributed by atoms with Gasteiger partial charge in [0.25, 0.3) is 0 Å². The van der Waals surface area contributed by atoms with Crippen LogP contribution in [-0.4, -0.2) is 40.6 Å². The van der Waals surface area contributed by atoms with Gasteiger partial charge in [-0.2, -0.15) is 0 Å². The molecule has 0 bridgehead atoms. The van der Waals surface area contributed by atoms with Crippen molar-refractivity contribution < 1.29 is 28.6 Å². The van der Waals surface area contributed by atoms with Crippen molar-refractivity contribution in [2.45, 2.75) is 53.6 Å². The van der Waals surface area contributed by atoms with E-state index in [0.29, 0.717) is 62.7 Å². The van der Waals surface area contributed by atoms with Crippen molar-refractivity contribution in [1.82, 2.24) is 4.90 Å². The number of aryl methyl sites for hydroxylation is 2. The maximum Gasteiger partial charge on any atom is 0.410 e. The highest BCUT2D eigenvalue weighted by Crippen LogP contribution is 2.43. The van der Waals surface area contributed by atoms with Crippen LogP contribution in [0, 0.1) is 19.7 Å². The Balaban J connectivity index is 1.59. The molecule has 1 aromatic heterocycles. The van der Waals surface area contributed by atoms with E-state index in [-0.39, 0.29) is 17.6 Å². The van der Waals surface area contributed by atoms with Gasteiger partial charge >= 0.3 is 6.09 Å². The van der Waals surface area contributed by atoms with Crippen molar-refractivity contribution in [3.8, 4) is 17.2 Å². The largest absolute Gasteiger partial charge is 0.508 e. The number of nitrogens with zero attached hydrogens (tertiary/aromatic N) is 1. The lowest BCUT2D eigenvalue weighted by Gasteiger charge is -2.26. The van der Waals surface area contributed by atoms with Crippen LogP contribution in [-0.2, 0) is 11.2 Å². The molecule has 4 rings (SSSR count). The van der Waals surface area contributed by atoms with E-state index in [2.05, 4.69) is 0 Å². The average molecular weight is 564 g/mol. The molecule has 1 heterocycles. The summed E-state index contributed by atoms with van der Waals surface area (Å²) >= 11 is 1.23. The fraction of sp³-hybridized carbons (Fsp3) is 0.312. The van der Waals surface area contributed by atoms with Gasteiger partial charge in [-0.3, -0.25) is 4.79 Å². The normalized spacial score (nSPS) is 11.5. The Hall–Kier alpha value is -3.91. The lowest BCUT2D eigenvalue weighted by Crippen LogP contribution is -2.37. The van der Waals surface area contributed by atoms with Crippen LogP contribution in [0.3, 0.4) is 0 Å². The number of ketones is 1. The molecule has 0 spiro atoms. The van der Waals surface area contributed by atoms with Crippen LogP contribution < -0.4 is 4.74 Å². The number of rotatable bonds is 8. The van der Waals surface area contributed by atoms with E-state index in [1.807, 2.05) is 52.0 Å². The van der Waals surface area contributed by atoms with Gasteiger partial charge in [0.05, 0.1) is 0 Å². The zero-order chi connectivity index (χ0) is 29.2. The molecule has 8 heteroatoms. The maximum atomic E-state index is 13.9. The summed E-state index contributed by atoms with van der Waals surface area (Å²) in [6, 6.07) is 15.1. The summed E-state index contributed by atoms with van der Waals surface area (Å²) in [7, 11) is 0. The fourth-order valence-electron chi connectivity index (χ4n) is 4.51. The van der Waals surface area contributed by atoms with E-state index < -0.39 is 11.4 Å². The predicted molar refractivity (Wildman–Crippen MR) is 156 cm³/mol. The van der Waals surface area contributed by atoms with Gasteiger partial charge in [-0.05, 0) is 107 Å². The number of hydrogen-bond donors (Lipinski definition) is 1. The molecule has 0 aliphatic rings. The van der Waals surface area contributed by atoms with Crippen molar-refractivity contribution in [2.75, 3.05) is 13.1 Å². The summed E-state index contributed by atoms with van der Waals surface area (Å²) in [5.74, 6) is 0.368. The number of fused-ring (bicyclic) bond motifs is 1. The molecule has 1 N–H and O–H groups in total. The van der Waals surface area contributed by atoms with Crippen molar-refractivity contribution in [1.29, 1.82) is 0 Å². The number of phenolic OH excluding ortho intramolecular Hbond substituents is 1. The number of thiophene rings is 1. The van der Waals surface area contributed by atoms with Gasteiger partial charge in [0.2, 0.25) is 5.78 Å². The Labute approximate surface area is 238 Å². The number of halogens is 1. The molecular weight excluding hydrogens is 529 g/mol. The number of ether oxygens (including phenoxy) is 2. The fourth-order valence-corrected chi connectivity index (χ4v) is 5.62. The topological polar surface area (TPSA) is 76.1 Å². The summed E-state index contributed by atoms with van der Waals surface area (Å²) < 4.78 is 26.4. The first kappa shape index (κ1) is 29.1. The number of carbonyl (C=O) groups excluding carboxylic acids is 2. The number of aromatic hydroxyl groups is 1. The first-order chi connectivity index (χ1) is 18.9. The zero-order valence-electron chi connectivity index (χ0n) is 23.6. The molecule has 0 aliphatic heterocycles. The third kappa shape index (κ3) is 6.62. The monoisotopic (exact) mass is 563 g/mol. The third-order valence-electron chi connectivity index (χ3n) is 6.41. The Morgan fingerprint density at radius 2 is 1.65 bits per heavy atom. The molecule has 40 heavy (non-hydrogen) atoms. The quantitative estimate of drug-likeness (QED) is 0.219. The van der Waals surface area contributed by atoms with Crippen LogP contribution >= 0.6 is 11.3 Å². The highest BCUT2D eigenvalue weighted by Gasteiger charge is 2.25. The lowest BCUT2D eigenvalue weighted by atomic mass is 9.97. The molecule has 0 saturated heterocycles. The van der Waals surface area contributed by atoms with Gasteiger partial charge in [-0.1, -0.05) is 12.1 Å². The molecule has 0 atom stereocenters. The second kappa shape index (κ2) is 11.7. The van der Waals surface area contributed by atoms with Gasteiger partial charge in [0, 0.05) is 28.7 Å². The summed E-state index contributed by atoms with van der Waals surface area (Å²) in [4.78, 5) is 28.2. The van der Waals surface area contributed by atoms with Crippen molar-refractivity contribution in [3.05, 3.63) is 87.5 Å². The molecule has 3 aromatic carbocycles. The van der Waals surface area contributed by atoms with Crippen LogP contribution in [0.25, 0.3) is 10.1 Å². The third-order valence-corrected chi connectivity index (χ3v) is 7.54.